The van der Waals surface area contributed by atoms with E-state index in [4.69, 9.17) is 0 Å². The second-order valence-electron chi connectivity index (χ2n) is 5.33. The third-order valence-corrected chi connectivity index (χ3v) is 3.60. The molecule has 2 nitrogen and oxygen atoms in total. The molecular weight excluding hydrogens is 232 g/mol. The van der Waals surface area contributed by atoms with Gasteiger partial charge in [-0.2, -0.15) is 0 Å². The molecule has 1 N–H and O–H groups in total. The number of hydrogen-bond acceptors (Lipinski definition) is 1. The molecule has 0 unspecified atom stereocenters. The first kappa shape index (κ1) is 13.9. The summed E-state index contributed by atoms with van der Waals surface area (Å²) in [6.07, 6.45) is 4.09. The Hall–Kier alpha value is -1.57. The monoisotopic (exact) mass is 256 g/mol. The predicted octanol–water partition coefficient (Wildman–Crippen LogP) is 4.36. The lowest BCUT2D eigenvalue weighted by Crippen LogP contribution is -2.07. The van der Waals surface area contributed by atoms with Crippen molar-refractivity contribution in [3.05, 3.63) is 52.1 Å². The van der Waals surface area contributed by atoms with Gasteiger partial charge in [0, 0.05) is 36.1 Å². The molecule has 0 fully saturated rings. The lowest BCUT2D eigenvalue weighted by molar-refractivity contribution is 0.824. The van der Waals surface area contributed by atoms with Crippen molar-refractivity contribution in [1.29, 1.82) is 0 Å². The molecule has 0 radical (unpaired) electrons. The Labute approximate surface area is 116 Å². The Kier molecular flexibility index (Phi) is 4.08. The number of hydrogen-bond donors (Lipinski definition) is 1. The summed E-state index contributed by atoms with van der Waals surface area (Å²) in [6.45, 7) is 10.5. The van der Waals surface area contributed by atoms with E-state index >= 15 is 0 Å². The van der Waals surface area contributed by atoms with E-state index in [0.717, 1.165) is 18.5 Å². The van der Waals surface area contributed by atoms with Crippen LogP contribution in [-0.2, 0) is 12.8 Å². The van der Waals surface area contributed by atoms with E-state index in [9.17, 15) is 0 Å². The number of aromatic nitrogens is 2. The largest absolute Gasteiger partial charge is 0.362 e. The van der Waals surface area contributed by atoms with Crippen LogP contribution >= 0.6 is 0 Å². The minimum atomic E-state index is 0.573. The summed E-state index contributed by atoms with van der Waals surface area (Å²) in [6, 6.07) is 4.54. The van der Waals surface area contributed by atoms with Gasteiger partial charge in [-0.1, -0.05) is 27.7 Å². The molecule has 3 rings (SSSR count). The van der Waals surface area contributed by atoms with E-state index < -0.39 is 0 Å². The van der Waals surface area contributed by atoms with Crippen molar-refractivity contribution in [1.82, 2.24) is 9.97 Å². The fourth-order valence-electron chi connectivity index (χ4n) is 2.56. The van der Waals surface area contributed by atoms with Gasteiger partial charge in [0.2, 0.25) is 0 Å². The zero-order chi connectivity index (χ0) is 14.0. The molecule has 0 saturated heterocycles. The van der Waals surface area contributed by atoms with Crippen LogP contribution < -0.4 is 0 Å². The average molecular weight is 256 g/mol. The van der Waals surface area contributed by atoms with Crippen molar-refractivity contribution in [3.63, 3.8) is 0 Å². The standard InChI is InChI=1S/C15H18N2.C2H6/c1-9(2)14-7-12-5-13-8-16-10(3)4-11(13)6-15(12)17-14;1-2/h4,7-9,17H,5-6H2,1-3H3;1-2H3. The van der Waals surface area contributed by atoms with Gasteiger partial charge in [0.1, 0.15) is 0 Å². The van der Waals surface area contributed by atoms with Crippen LogP contribution in [0.5, 0.6) is 0 Å². The summed E-state index contributed by atoms with van der Waals surface area (Å²) in [5.41, 5.74) is 8.13. The number of rotatable bonds is 1. The molecule has 2 aromatic rings. The van der Waals surface area contributed by atoms with Gasteiger partial charge in [0.15, 0.2) is 0 Å². The molecule has 19 heavy (non-hydrogen) atoms. The summed E-state index contributed by atoms with van der Waals surface area (Å²) in [7, 11) is 0. The summed E-state index contributed by atoms with van der Waals surface area (Å²) < 4.78 is 0. The van der Waals surface area contributed by atoms with Crippen molar-refractivity contribution >= 4 is 0 Å². The van der Waals surface area contributed by atoms with Gasteiger partial charge in [-0.25, -0.2) is 0 Å². The summed E-state index contributed by atoms with van der Waals surface area (Å²) in [5, 5.41) is 0. The molecule has 1 aliphatic rings. The van der Waals surface area contributed by atoms with Crippen LogP contribution in [0.25, 0.3) is 0 Å². The van der Waals surface area contributed by atoms with Gasteiger partial charge in [0.25, 0.3) is 0 Å². The lowest BCUT2D eigenvalue weighted by atomic mass is 9.91. The topological polar surface area (TPSA) is 28.7 Å². The second-order valence-corrected chi connectivity index (χ2v) is 5.33. The van der Waals surface area contributed by atoms with E-state index in [-0.39, 0.29) is 0 Å². The molecule has 0 saturated carbocycles. The van der Waals surface area contributed by atoms with Gasteiger partial charge in [-0.15, -0.1) is 0 Å². The Balaban J connectivity index is 0.000000637. The van der Waals surface area contributed by atoms with Crippen molar-refractivity contribution in [2.24, 2.45) is 0 Å². The first-order valence-corrected chi connectivity index (χ1v) is 7.28. The highest BCUT2D eigenvalue weighted by Crippen LogP contribution is 2.29. The number of aromatic amines is 1. The summed E-state index contributed by atoms with van der Waals surface area (Å²) in [4.78, 5) is 7.97. The highest BCUT2D eigenvalue weighted by molar-refractivity contribution is 5.44. The van der Waals surface area contributed by atoms with Crippen LogP contribution in [0.1, 0.15) is 67.4 Å². The molecule has 0 atom stereocenters. The number of fused-ring (bicyclic) bond motifs is 2. The van der Waals surface area contributed by atoms with Crippen molar-refractivity contribution < 1.29 is 0 Å². The summed E-state index contributed by atoms with van der Waals surface area (Å²) in [5.74, 6) is 0.573. The van der Waals surface area contributed by atoms with E-state index in [1.54, 1.807) is 0 Å². The Morgan fingerprint density at radius 1 is 1.05 bits per heavy atom. The van der Waals surface area contributed by atoms with E-state index in [2.05, 4.69) is 42.9 Å². The van der Waals surface area contributed by atoms with Gasteiger partial charge >= 0.3 is 0 Å². The molecule has 102 valence electrons. The van der Waals surface area contributed by atoms with Crippen LogP contribution in [0.15, 0.2) is 18.3 Å². The highest BCUT2D eigenvalue weighted by atomic mass is 14.7. The molecule has 0 aromatic carbocycles. The number of nitrogens with zero attached hydrogens (tertiary/aromatic N) is 1. The predicted molar refractivity (Wildman–Crippen MR) is 80.8 cm³/mol. The zero-order valence-electron chi connectivity index (χ0n) is 12.7. The van der Waals surface area contributed by atoms with Crippen LogP contribution in [0.3, 0.4) is 0 Å². The number of H-pyrrole nitrogens is 1. The molecule has 2 aromatic heterocycles. The zero-order valence-corrected chi connectivity index (χ0v) is 12.7. The van der Waals surface area contributed by atoms with Gasteiger partial charge in [-0.3, -0.25) is 4.98 Å². The number of nitrogens with one attached hydrogen (secondary N) is 1. The maximum absolute atomic E-state index is 4.40. The van der Waals surface area contributed by atoms with Crippen molar-refractivity contribution in [2.75, 3.05) is 0 Å². The first-order chi connectivity index (χ1) is 9.13. The summed E-state index contributed by atoms with van der Waals surface area (Å²) >= 11 is 0. The van der Waals surface area contributed by atoms with Gasteiger partial charge in [0.05, 0.1) is 0 Å². The highest BCUT2D eigenvalue weighted by Gasteiger charge is 2.18. The lowest BCUT2D eigenvalue weighted by Gasteiger charge is -2.16. The second kappa shape index (κ2) is 5.60. The van der Waals surface area contributed by atoms with Crippen LogP contribution in [0.4, 0.5) is 0 Å². The number of aryl methyl sites for hydroxylation is 1. The van der Waals surface area contributed by atoms with E-state index in [1.165, 1.54) is 28.1 Å². The normalized spacial score (nSPS) is 12.5. The fourth-order valence-corrected chi connectivity index (χ4v) is 2.56. The maximum Gasteiger partial charge on any atom is 0.0375 e. The van der Waals surface area contributed by atoms with Crippen molar-refractivity contribution in [2.45, 2.75) is 53.4 Å². The van der Waals surface area contributed by atoms with Gasteiger partial charge in [-0.05, 0) is 41.7 Å². The molecular formula is C17H24N2. The van der Waals surface area contributed by atoms with E-state index in [1.807, 2.05) is 20.0 Å². The Bertz CT molecular complexity index is 565. The molecule has 1 aliphatic carbocycles. The van der Waals surface area contributed by atoms with Gasteiger partial charge < -0.3 is 4.98 Å². The quantitative estimate of drug-likeness (QED) is 0.688. The third-order valence-electron chi connectivity index (χ3n) is 3.60. The smallest absolute Gasteiger partial charge is 0.0375 e. The van der Waals surface area contributed by atoms with E-state index in [0.29, 0.717) is 5.92 Å². The third kappa shape index (κ3) is 2.73. The molecule has 0 spiro atoms. The fraction of sp³-hybridized carbons (Fsp3) is 0.471. The Morgan fingerprint density at radius 3 is 2.47 bits per heavy atom. The SMILES string of the molecule is CC.Cc1cc2c(cn1)Cc1cc(C(C)C)[nH]c1C2. The molecule has 2 heteroatoms. The molecule has 0 bridgehead atoms. The molecule has 0 aliphatic heterocycles. The van der Waals surface area contributed by atoms with Crippen LogP contribution in [-0.4, -0.2) is 9.97 Å². The number of pyridine rings is 1. The molecule has 0 amide bonds. The molecule has 2 heterocycles. The maximum atomic E-state index is 4.40. The Morgan fingerprint density at radius 2 is 1.79 bits per heavy atom. The average Bonchev–Trinajstić information content (AvgIpc) is 2.81. The van der Waals surface area contributed by atoms with Crippen molar-refractivity contribution in [3.8, 4) is 0 Å². The first-order valence-electron chi connectivity index (χ1n) is 7.28. The van der Waals surface area contributed by atoms with Crippen LogP contribution in [0.2, 0.25) is 0 Å². The minimum absolute atomic E-state index is 0.573. The van der Waals surface area contributed by atoms with Crippen LogP contribution in [0, 0.1) is 6.92 Å². The minimum Gasteiger partial charge on any atom is -0.362 e.